The highest BCUT2D eigenvalue weighted by Crippen LogP contribution is 2.34. The van der Waals surface area contributed by atoms with Crippen molar-refractivity contribution in [2.24, 2.45) is 0 Å². The summed E-state index contributed by atoms with van der Waals surface area (Å²) in [5.74, 6) is -0.217. The van der Waals surface area contributed by atoms with Gasteiger partial charge in [0.25, 0.3) is 0 Å². The lowest BCUT2D eigenvalue weighted by Gasteiger charge is -2.20. The number of carbonyl (C=O) groups excluding carboxylic acids is 2. The van der Waals surface area contributed by atoms with Gasteiger partial charge in [0.05, 0.1) is 5.39 Å². The summed E-state index contributed by atoms with van der Waals surface area (Å²) in [5.41, 5.74) is 3.31. The van der Waals surface area contributed by atoms with Crippen molar-refractivity contribution in [3.63, 3.8) is 0 Å². The fourth-order valence-corrected chi connectivity index (χ4v) is 4.49. The molecule has 0 aliphatic heterocycles. The quantitative estimate of drug-likeness (QED) is 0.266. The largest absolute Gasteiger partial charge is 0.445 e. The molecule has 0 saturated carbocycles. The SMILES string of the molecule is CCCCC(NC(=O)OCc1ccccc1)C(=O)Oc1cc(C)cc2oc(=O)c3c(c12)CCCC3. The van der Waals surface area contributed by atoms with Gasteiger partial charge in [-0.3, -0.25) is 0 Å². The van der Waals surface area contributed by atoms with Crippen molar-refractivity contribution in [1.82, 2.24) is 5.32 Å². The minimum atomic E-state index is -0.861. The van der Waals surface area contributed by atoms with Crippen LogP contribution < -0.4 is 15.7 Å². The molecule has 1 unspecified atom stereocenters. The first kappa shape index (κ1) is 24.5. The Kier molecular flexibility index (Phi) is 7.85. The Labute approximate surface area is 204 Å². The molecule has 1 aliphatic carbocycles. The molecule has 4 rings (SSSR count). The summed E-state index contributed by atoms with van der Waals surface area (Å²) < 4.78 is 16.8. The van der Waals surface area contributed by atoms with Crippen LogP contribution in [0.2, 0.25) is 0 Å². The molecule has 0 saturated heterocycles. The van der Waals surface area contributed by atoms with Crippen molar-refractivity contribution in [2.45, 2.75) is 71.4 Å². The number of fused-ring (bicyclic) bond motifs is 3. The Balaban J connectivity index is 1.56. The van der Waals surface area contributed by atoms with E-state index in [1.807, 2.05) is 44.2 Å². The second-order valence-electron chi connectivity index (χ2n) is 9.01. The summed E-state index contributed by atoms with van der Waals surface area (Å²) >= 11 is 0. The third kappa shape index (κ3) is 5.91. The maximum atomic E-state index is 13.2. The van der Waals surface area contributed by atoms with Gasteiger partial charge in [0.2, 0.25) is 0 Å². The number of aryl methyl sites for hydroxylation is 2. The van der Waals surface area contributed by atoms with Crippen LogP contribution in [0.3, 0.4) is 0 Å². The van der Waals surface area contributed by atoms with Gasteiger partial charge < -0.3 is 19.2 Å². The third-order valence-corrected chi connectivity index (χ3v) is 6.28. The molecule has 1 aromatic heterocycles. The van der Waals surface area contributed by atoms with E-state index in [0.717, 1.165) is 48.8 Å². The van der Waals surface area contributed by atoms with E-state index >= 15 is 0 Å². The number of rotatable bonds is 8. The third-order valence-electron chi connectivity index (χ3n) is 6.28. The van der Waals surface area contributed by atoms with Crippen LogP contribution in [-0.2, 0) is 29.0 Å². The molecule has 0 spiro atoms. The lowest BCUT2D eigenvalue weighted by Crippen LogP contribution is -2.43. The monoisotopic (exact) mass is 477 g/mol. The van der Waals surface area contributed by atoms with E-state index in [0.29, 0.717) is 35.1 Å². The van der Waals surface area contributed by atoms with Gasteiger partial charge in [0.1, 0.15) is 24.0 Å². The highest BCUT2D eigenvalue weighted by molar-refractivity contribution is 5.92. The molecule has 0 radical (unpaired) electrons. The van der Waals surface area contributed by atoms with Gasteiger partial charge >= 0.3 is 17.7 Å². The summed E-state index contributed by atoms with van der Waals surface area (Å²) in [7, 11) is 0. The Morgan fingerprint density at radius 3 is 2.57 bits per heavy atom. The molecule has 0 bridgehead atoms. The van der Waals surface area contributed by atoms with Gasteiger partial charge in [0, 0.05) is 5.56 Å². The number of unbranched alkanes of at least 4 members (excludes halogenated alkanes) is 1. The topological polar surface area (TPSA) is 94.8 Å². The molecule has 1 N–H and O–H groups in total. The van der Waals surface area contributed by atoms with Crippen molar-refractivity contribution < 1.29 is 23.5 Å². The number of benzene rings is 2. The molecule has 7 nitrogen and oxygen atoms in total. The molecule has 35 heavy (non-hydrogen) atoms. The van der Waals surface area contributed by atoms with E-state index in [-0.39, 0.29) is 12.2 Å². The van der Waals surface area contributed by atoms with Gasteiger partial charge in [-0.1, -0.05) is 50.1 Å². The van der Waals surface area contributed by atoms with E-state index in [4.69, 9.17) is 13.9 Å². The van der Waals surface area contributed by atoms with Crippen molar-refractivity contribution in [3.8, 4) is 5.75 Å². The molecular weight excluding hydrogens is 446 g/mol. The minimum Gasteiger partial charge on any atom is -0.445 e. The second-order valence-corrected chi connectivity index (χ2v) is 9.01. The van der Waals surface area contributed by atoms with E-state index in [2.05, 4.69) is 5.32 Å². The summed E-state index contributed by atoms with van der Waals surface area (Å²) in [6.07, 6.45) is 4.61. The molecule has 1 aliphatic rings. The Bertz CT molecular complexity index is 1260. The summed E-state index contributed by atoms with van der Waals surface area (Å²) in [5, 5.41) is 3.33. The summed E-state index contributed by atoms with van der Waals surface area (Å²) in [6.45, 7) is 3.97. The van der Waals surface area contributed by atoms with Crippen LogP contribution in [-0.4, -0.2) is 18.1 Å². The van der Waals surface area contributed by atoms with Gasteiger partial charge in [-0.15, -0.1) is 0 Å². The van der Waals surface area contributed by atoms with Crippen LogP contribution >= 0.6 is 0 Å². The number of ether oxygens (including phenoxy) is 2. The highest BCUT2D eigenvalue weighted by Gasteiger charge is 2.26. The average molecular weight is 478 g/mol. The van der Waals surface area contributed by atoms with E-state index in [1.54, 1.807) is 12.1 Å². The number of nitrogens with one attached hydrogen (secondary N) is 1. The first-order valence-corrected chi connectivity index (χ1v) is 12.2. The zero-order valence-electron chi connectivity index (χ0n) is 20.2. The summed E-state index contributed by atoms with van der Waals surface area (Å²) in [4.78, 5) is 38.2. The van der Waals surface area contributed by atoms with Crippen LogP contribution in [0.25, 0.3) is 11.0 Å². The molecule has 7 heteroatoms. The normalized spacial score (nSPS) is 13.7. The van der Waals surface area contributed by atoms with Crippen molar-refractivity contribution in [2.75, 3.05) is 0 Å². The van der Waals surface area contributed by atoms with Crippen molar-refractivity contribution in [3.05, 3.63) is 75.1 Å². The van der Waals surface area contributed by atoms with E-state index in [1.165, 1.54) is 0 Å². The van der Waals surface area contributed by atoms with Gasteiger partial charge in [-0.25, -0.2) is 14.4 Å². The van der Waals surface area contributed by atoms with Gasteiger partial charge in [-0.2, -0.15) is 0 Å². The van der Waals surface area contributed by atoms with Crippen molar-refractivity contribution in [1.29, 1.82) is 0 Å². The molecule has 2 aromatic carbocycles. The number of hydrogen-bond acceptors (Lipinski definition) is 6. The zero-order chi connectivity index (χ0) is 24.8. The lowest BCUT2D eigenvalue weighted by molar-refractivity contribution is -0.136. The molecule has 0 fully saturated rings. The van der Waals surface area contributed by atoms with Crippen LogP contribution in [0.4, 0.5) is 4.79 Å². The van der Waals surface area contributed by atoms with Crippen molar-refractivity contribution >= 4 is 23.0 Å². The van der Waals surface area contributed by atoms with Crippen LogP contribution in [0.1, 0.15) is 61.3 Å². The molecule has 184 valence electrons. The predicted molar refractivity (Wildman–Crippen MR) is 133 cm³/mol. The highest BCUT2D eigenvalue weighted by atomic mass is 16.6. The standard InChI is InChI=1S/C28H31NO6/c1-3-4-14-22(29-28(32)33-17-19-10-6-5-7-11-19)27(31)35-24-16-18(2)15-23-25(24)20-12-8-9-13-21(20)26(30)34-23/h5-7,10-11,15-16,22H,3-4,8-9,12-14,17H2,1-2H3,(H,29,32). The van der Waals surface area contributed by atoms with Gasteiger partial charge in [0.15, 0.2) is 0 Å². The van der Waals surface area contributed by atoms with Crippen LogP contribution in [0, 0.1) is 6.92 Å². The number of amides is 1. The first-order chi connectivity index (χ1) is 17.0. The fourth-order valence-electron chi connectivity index (χ4n) is 4.49. The molecule has 1 amide bonds. The minimum absolute atomic E-state index is 0.107. The Morgan fingerprint density at radius 1 is 1.09 bits per heavy atom. The average Bonchev–Trinajstić information content (AvgIpc) is 2.85. The van der Waals surface area contributed by atoms with Crippen LogP contribution in [0.15, 0.2) is 51.7 Å². The number of hydrogen-bond donors (Lipinski definition) is 1. The molecular formula is C28H31NO6. The smallest absolute Gasteiger partial charge is 0.408 e. The molecule has 1 atom stereocenters. The maximum absolute atomic E-state index is 13.2. The fraction of sp³-hybridized carbons (Fsp3) is 0.393. The summed E-state index contributed by atoms with van der Waals surface area (Å²) in [6, 6.07) is 12.0. The number of alkyl carbamates (subject to hydrolysis) is 1. The molecule has 3 aromatic rings. The predicted octanol–water partition coefficient (Wildman–Crippen LogP) is 5.37. The maximum Gasteiger partial charge on any atom is 0.408 e. The first-order valence-electron chi connectivity index (χ1n) is 12.2. The van der Waals surface area contributed by atoms with Gasteiger partial charge in [-0.05, 0) is 67.9 Å². The molecule has 1 heterocycles. The Morgan fingerprint density at radius 2 is 1.83 bits per heavy atom. The van der Waals surface area contributed by atoms with Crippen LogP contribution in [0.5, 0.6) is 5.75 Å². The number of carbonyl (C=O) groups is 2. The zero-order valence-corrected chi connectivity index (χ0v) is 20.2. The number of esters is 1. The Hall–Kier alpha value is -3.61. The second kappa shape index (κ2) is 11.2. The van der Waals surface area contributed by atoms with E-state index < -0.39 is 18.1 Å². The lowest BCUT2D eigenvalue weighted by atomic mass is 9.90. The van der Waals surface area contributed by atoms with E-state index in [9.17, 15) is 14.4 Å².